The highest BCUT2D eigenvalue weighted by atomic mass is 16.3. The van der Waals surface area contributed by atoms with Gasteiger partial charge in [0.05, 0.1) is 5.56 Å². The SMILES string of the molecule is CC(=O)N=Cc1c(C)c(C#N)c(=O)n(CCc2ccccc2)c1O. The molecule has 2 aromatic rings. The topological polar surface area (TPSA) is 95.5 Å². The summed E-state index contributed by atoms with van der Waals surface area (Å²) in [7, 11) is 0. The Morgan fingerprint density at radius 3 is 2.62 bits per heavy atom. The summed E-state index contributed by atoms with van der Waals surface area (Å²) in [5, 5.41) is 19.7. The number of rotatable bonds is 4. The molecule has 0 atom stereocenters. The van der Waals surface area contributed by atoms with Gasteiger partial charge in [0.2, 0.25) is 11.8 Å². The molecule has 0 saturated heterocycles. The number of aromatic nitrogens is 1. The van der Waals surface area contributed by atoms with Crippen molar-refractivity contribution in [1.82, 2.24) is 4.57 Å². The molecule has 1 aromatic heterocycles. The van der Waals surface area contributed by atoms with Crippen molar-refractivity contribution in [2.45, 2.75) is 26.8 Å². The van der Waals surface area contributed by atoms with Crippen molar-refractivity contribution >= 4 is 12.1 Å². The third kappa shape index (κ3) is 3.58. The highest BCUT2D eigenvalue weighted by molar-refractivity contribution is 5.93. The maximum Gasteiger partial charge on any atom is 0.271 e. The van der Waals surface area contributed by atoms with Crippen LogP contribution in [0.25, 0.3) is 0 Å². The number of hydrogen-bond donors (Lipinski definition) is 1. The molecule has 6 heteroatoms. The van der Waals surface area contributed by atoms with Gasteiger partial charge in [-0.2, -0.15) is 5.26 Å². The van der Waals surface area contributed by atoms with Gasteiger partial charge < -0.3 is 5.11 Å². The molecule has 122 valence electrons. The van der Waals surface area contributed by atoms with Crippen molar-refractivity contribution in [3.8, 4) is 11.9 Å². The van der Waals surface area contributed by atoms with Crippen LogP contribution < -0.4 is 5.56 Å². The van der Waals surface area contributed by atoms with Crippen LogP contribution in [0, 0.1) is 18.3 Å². The number of aliphatic imine (C=N–C) groups is 1. The van der Waals surface area contributed by atoms with E-state index in [1.807, 2.05) is 36.4 Å². The molecule has 0 aliphatic rings. The van der Waals surface area contributed by atoms with Crippen molar-refractivity contribution in [2.75, 3.05) is 0 Å². The Morgan fingerprint density at radius 1 is 1.38 bits per heavy atom. The highest BCUT2D eigenvalue weighted by Gasteiger charge is 2.17. The van der Waals surface area contributed by atoms with Gasteiger partial charge in [-0.3, -0.25) is 14.2 Å². The normalized spacial score (nSPS) is 10.7. The van der Waals surface area contributed by atoms with E-state index in [2.05, 4.69) is 4.99 Å². The molecule has 0 saturated carbocycles. The minimum absolute atomic E-state index is 0.0640. The van der Waals surface area contributed by atoms with E-state index < -0.39 is 11.5 Å². The molecule has 24 heavy (non-hydrogen) atoms. The fraction of sp³-hybridized carbons (Fsp3) is 0.222. The predicted octanol–water partition coefficient (Wildman–Crippen LogP) is 1.94. The molecule has 2 rings (SSSR count). The summed E-state index contributed by atoms with van der Waals surface area (Å²) in [5.74, 6) is -0.730. The summed E-state index contributed by atoms with van der Waals surface area (Å²) in [4.78, 5) is 27.1. The number of benzene rings is 1. The van der Waals surface area contributed by atoms with Gasteiger partial charge in [0.15, 0.2) is 0 Å². The summed E-state index contributed by atoms with van der Waals surface area (Å²) in [6.45, 7) is 3.03. The average Bonchev–Trinajstić information content (AvgIpc) is 2.55. The third-order valence-electron chi connectivity index (χ3n) is 3.69. The van der Waals surface area contributed by atoms with E-state index in [4.69, 9.17) is 0 Å². The first kappa shape index (κ1) is 17.2. The average molecular weight is 323 g/mol. The third-order valence-corrected chi connectivity index (χ3v) is 3.69. The summed E-state index contributed by atoms with van der Waals surface area (Å²) < 4.78 is 1.14. The number of aromatic hydroxyl groups is 1. The van der Waals surface area contributed by atoms with E-state index >= 15 is 0 Å². The van der Waals surface area contributed by atoms with E-state index in [1.54, 1.807) is 6.92 Å². The summed E-state index contributed by atoms with van der Waals surface area (Å²) in [5.41, 5.74) is 0.895. The van der Waals surface area contributed by atoms with Crippen molar-refractivity contribution in [2.24, 2.45) is 4.99 Å². The largest absolute Gasteiger partial charge is 0.494 e. The molecule has 1 amide bonds. The maximum atomic E-state index is 12.4. The number of hydrogen-bond acceptors (Lipinski definition) is 4. The van der Waals surface area contributed by atoms with Crippen LogP contribution in [0.4, 0.5) is 0 Å². The van der Waals surface area contributed by atoms with Crippen molar-refractivity contribution < 1.29 is 9.90 Å². The number of carbonyl (C=O) groups is 1. The van der Waals surface area contributed by atoms with E-state index in [9.17, 15) is 20.0 Å². The Kier molecular flexibility index (Phi) is 5.27. The molecule has 0 unspecified atom stereocenters. The fourth-order valence-electron chi connectivity index (χ4n) is 2.37. The zero-order chi connectivity index (χ0) is 17.7. The quantitative estimate of drug-likeness (QED) is 0.870. The van der Waals surface area contributed by atoms with Crippen molar-refractivity contribution in [3.05, 3.63) is 62.9 Å². The second kappa shape index (κ2) is 7.38. The van der Waals surface area contributed by atoms with E-state index in [-0.39, 0.29) is 23.6 Å². The number of nitriles is 1. The molecular weight excluding hydrogens is 306 g/mol. The van der Waals surface area contributed by atoms with Gasteiger partial charge in [0.1, 0.15) is 11.6 Å². The smallest absolute Gasteiger partial charge is 0.271 e. The van der Waals surface area contributed by atoms with Crippen molar-refractivity contribution in [1.29, 1.82) is 5.26 Å². The minimum Gasteiger partial charge on any atom is -0.494 e. The zero-order valence-corrected chi connectivity index (χ0v) is 13.5. The highest BCUT2D eigenvalue weighted by Crippen LogP contribution is 2.20. The van der Waals surface area contributed by atoms with Crippen LogP contribution in [-0.4, -0.2) is 21.8 Å². The first-order valence-electron chi connectivity index (χ1n) is 7.40. The molecule has 0 aliphatic heterocycles. The lowest BCUT2D eigenvalue weighted by Gasteiger charge is -2.14. The monoisotopic (exact) mass is 323 g/mol. The van der Waals surface area contributed by atoms with Crippen LogP contribution in [0.5, 0.6) is 5.88 Å². The number of aryl methyl sites for hydroxylation is 1. The van der Waals surface area contributed by atoms with Crippen LogP contribution >= 0.6 is 0 Å². The first-order valence-corrected chi connectivity index (χ1v) is 7.40. The molecule has 1 aromatic carbocycles. The summed E-state index contributed by atoms with van der Waals surface area (Å²) in [6.07, 6.45) is 1.71. The molecule has 0 spiro atoms. The Hall–Kier alpha value is -3.20. The molecule has 0 bridgehead atoms. The molecule has 1 N–H and O–H groups in total. The Balaban J connectivity index is 2.50. The first-order chi connectivity index (χ1) is 11.5. The number of nitrogens with zero attached hydrogens (tertiary/aromatic N) is 3. The van der Waals surface area contributed by atoms with E-state index in [0.717, 1.165) is 10.1 Å². The molecule has 0 radical (unpaired) electrons. The van der Waals surface area contributed by atoms with Crippen LogP contribution in [-0.2, 0) is 17.8 Å². The lowest BCUT2D eigenvalue weighted by atomic mass is 10.1. The maximum absolute atomic E-state index is 12.4. The minimum atomic E-state index is -0.552. The predicted molar refractivity (Wildman–Crippen MR) is 90.2 cm³/mol. The Labute approximate surface area is 139 Å². The molecule has 0 fully saturated rings. The van der Waals surface area contributed by atoms with Crippen molar-refractivity contribution in [3.63, 3.8) is 0 Å². The van der Waals surface area contributed by atoms with Crippen LogP contribution in [0.2, 0.25) is 0 Å². The lowest BCUT2D eigenvalue weighted by molar-refractivity contribution is -0.115. The van der Waals surface area contributed by atoms with Gasteiger partial charge in [-0.05, 0) is 24.5 Å². The van der Waals surface area contributed by atoms with E-state index in [1.165, 1.54) is 13.1 Å². The number of pyridine rings is 1. The Morgan fingerprint density at radius 2 is 2.04 bits per heavy atom. The van der Waals surface area contributed by atoms with Gasteiger partial charge in [-0.1, -0.05) is 30.3 Å². The molecular formula is C18H17N3O3. The summed E-state index contributed by atoms with van der Waals surface area (Å²) >= 11 is 0. The van der Waals surface area contributed by atoms with Crippen LogP contribution in [0.1, 0.15) is 29.2 Å². The number of amides is 1. The molecule has 6 nitrogen and oxygen atoms in total. The zero-order valence-electron chi connectivity index (χ0n) is 13.5. The second-order valence-electron chi connectivity index (χ2n) is 5.32. The number of carbonyl (C=O) groups excluding carboxylic acids is 1. The van der Waals surface area contributed by atoms with Gasteiger partial charge in [-0.25, -0.2) is 4.99 Å². The van der Waals surface area contributed by atoms with Gasteiger partial charge in [0.25, 0.3) is 5.56 Å². The standard InChI is InChI=1S/C18H17N3O3/c1-12-15(10-19)17(23)21(9-8-14-6-4-3-5-7-14)18(24)16(12)11-20-13(2)22/h3-7,11,24H,8-9H2,1-2H3. The lowest BCUT2D eigenvalue weighted by Crippen LogP contribution is -2.26. The molecule has 1 heterocycles. The molecule has 0 aliphatic carbocycles. The van der Waals surface area contributed by atoms with Gasteiger partial charge in [0, 0.05) is 19.7 Å². The summed E-state index contributed by atoms with van der Waals surface area (Å²) in [6, 6.07) is 11.4. The van der Waals surface area contributed by atoms with Crippen LogP contribution in [0.15, 0.2) is 40.1 Å². The van der Waals surface area contributed by atoms with Gasteiger partial charge in [-0.15, -0.1) is 0 Å². The fourth-order valence-corrected chi connectivity index (χ4v) is 2.37. The Bertz CT molecular complexity index is 890. The van der Waals surface area contributed by atoms with E-state index in [0.29, 0.717) is 12.0 Å². The van der Waals surface area contributed by atoms with Crippen LogP contribution in [0.3, 0.4) is 0 Å². The second-order valence-corrected chi connectivity index (χ2v) is 5.32. The van der Waals surface area contributed by atoms with Gasteiger partial charge >= 0.3 is 0 Å².